The molecule has 0 bridgehead atoms. The number of hydrogen-bond donors (Lipinski definition) is 1. The van der Waals surface area contributed by atoms with E-state index in [9.17, 15) is 0 Å². The zero-order valence-electron chi connectivity index (χ0n) is 15.3. The largest absolute Gasteiger partial charge is 0.473 e. The molecule has 0 unspecified atom stereocenters. The average molecular weight is 374 g/mol. The molecule has 0 aromatic carbocycles. The molecule has 0 aliphatic heterocycles. The van der Waals surface area contributed by atoms with Gasteiger partial charge in [-0.25, -0.2) is 15.0 Å². The SMILES string of the molecule is CC[C@@H]1C[C@@H](Oc2cnc(C#N)cn2)C[C@@H]1c1nnc2cnc3[nH]ccc3n12. The fourth-order valence-electron chi connectivity index (χ4n) is 4.18. The number of H-pyrrole nitrogens is 1. The Morgan fingerprint density at radius 1 is 1.21 bits per heavy atom. The van der Waals surface area contributed by atoms with Crippen molar-refractivity contribution in [2.24, 2.45) is 5.92 Å². The van der Waals surface area contributed by atoms with Crippen molar-refractivity contribution in [3.05, 3.63) is 42.4 Å². The van der Waals surface area contributed by atoms with Crippen LogP contribution in [0.1, 0.15) is 43.6 Å². The molecule has 3 atom stereocenters. The van der Waals surface area contributed by atoms with Gasteiger partial charge in [-0.2, -0.15) is 5.26 Å². The maximum absolute atomic E-state index is 8.85. The first-order chi connectivity index (χ1) is 13.8. The van der Waals surface area contributed by atoms with Gasteiger partial charge >= 0.3 is 0 Å². The lowest BCUT2D eigenvalue weighted by atomic mass is 9.93. The summed E-state index contributed by atoms with van der Waals surface area (Å²) in [7, 11) is 0. The zero-order chi connectivity index (χ0) is 19.1. The summed E-state index contributed by atoms with van der Waals surface area (Å²) in [6, 6.07) is 3.96. The second-order valence-corrected chi connectivity index (χ2v) is 7.06. The van der Waals surface area contributed by atoms with Crippen LogP contribution < -0.4 is 4.74 Å². The van der Waals surface area contributed by atoms with Gasteiger partial charge < -0.3 is 9.72 Å². The Morgan fingerprint density at radius 3 is 2.93 bits per heavy atom. The van der Waals surface area contributed by atoms with Gasteiger partial charge in [0.05, 0.1) is 24.1 Å². The third-order valence-corrected chi connectivity index (χ3v) is 5.50. The van der Waals surface area contributed by atoms with Gasteiger partial charge in [-0.1, -0.05) is 13.3 Å². The van der Waals surface area contributed by atoms with Crippen molar-refractivity contribution in [1.82, 2.24) is 34.5 Å². The monoisotopic (exact) mass is 374 g/mol. The summed E-state index contributed by atoms with van der Waals surface area (Å²) in [4.78, 5) is 15.8. The van der Waals surface area contributed by atoms with Gasteiger partial charge in [0.1, 0.15) is 18.0 Å². The minimum atomic E-state index is 0.0214. The third-order valence-electron chi connectivity index (χ3n) is 5.50. The number of rotatable bonds is 4. The molecule has 28 heavy (non-hydrogen) atoms. The van der Waals surface area contributed by atoms with Gasteiger partial charge in [0.15, 0.2) is 17.0 Å². The summed E-state index contributed by atoms with van der Waals surface area (Å²) in [5.41, 5.74) is 2.83. The summed E-state index contributed by atoms with van der Waals surface area (Å²) in [6.07, 6.45) is 9.35. The molecule has 0 spiro atoms. The Balaban J connectivity index is 1.46. The number of aromatic amines is 1. The van der Waals surface area contributed by atoms with E-state index >= 15 is 0 Å². The minimum absolute atomic E-state index is 0.0214. The minimum Gasteiger partial charge on any atom is -0.473 e. The van der Waals surface area contributed by atoms with Crippen molar-refractivity contribution in [2.75, 3.05) is 0 Å². The summed E-state index contributed by atoms with van der Waals surface area (Å²) < 4.78 is 8.15. The average Bonchev–Trinajstić information content (AvgIpc) is 3.45. The number of ether oxygens (including phenoxy) is 1. The van der Waals surface area contributed by atoms with Gasteiger partial charge in [0, 0.05) is 12.1 Å². The molecule has 4 aromatic heterocycles. The van der Waals surface area contributed by atoms with Crippen LogP contribution in [-0.4, -0.2) is 40.6 Å². The van der Waals surface area contributed by atoms with Crippen molar-refractivity contribution in [1.29, 1.82) is 5.26 Å². The number of hydrogen-bond acceptors (Lipinski definition) is 7. The molecule has 0 radical (unpaired) electrons. The Bertz CT molecular complexity index is 1170. The first kappa shape index (κ1) is 16.6. The molecule has 9 heteroatoms. The lowest BCUT2D eigenvalue weighted by Crippen LogP contribution is -2.13. The van der Waals surface area contributed by atoms with Crippen LogP contribution in [0.4, 0.5) is 0 Å². The number of fused-ring (bicyclic) bond motifs is 3. The first-order valence-electron chi connectivity index (χ1n) is 9.32. The second-order valence-electron chi connectivity index (χ2n) is 7.06. The molecule has 1 fully saturated rings. The normalized spacial score (nSPS) is 21.9. The topological polar surface area (TPSA) is 118 Å². The molecule has 1 saturated carbocycles. The molecule has 1 aliphatic rings. The van der Waals surface area contributed by atoms with E-state index in [1.54, 1.807) is 6.20 Å². The van der Waals surface area contributed by atoms with Crippen molar-refractivity contribution in [3.63, 3.8) is 0 Å². The zero-order valence-corrected chi connectivity index (χ0v) is 15.3. The van der Waals surface area contributed by atoms with E-state index in [1.165, 1.54) is 12.4 Å². The molecular weight excluding hydrogens is 356 g/mol. The van der Waals surface area contributed by atoms with E-state index in [4.69, 9.17) is 10.00 Å². The van der Waals surface area contributed by atoms with Crippen LogP contribution in [0.2, 0.25) is 0 Å². The lowest BCUT2D eigenvalue weighted by Gasteiger charge is -2.15. The van der Waals surface area contributed by atoms with Crippen molar-refractivity contribution in [3.8, 4) is 11.9 Å². The van der Waals surface area contributed by atoms with E-state index in [-0.39, 0.29) is 17.7 Å². The van der Waals surface area contributed by atoms with Crippen LogP contribution in [0.15, 0.2) is 30.9 Å². The number of nitrogens with zero attached hydrogens (tertiary/aromatic N) is 7. The fraction of sp³-hybridized carbons (Fsp3) is 0.368. The predicted octanol–water partition coefficient (Wildman–Crippen LogP) is 2.62. The Labute approximate surface area is 160 Å². The van der Waals surface area contributed by atoms with Crippen molar-refractivity contribution < 1.29 is 4.74 Å². The molecule has 9 nitrogen and oxygen atoms in total. The number of nitrogens with one attached hydrogen (secondary N) is 1. The highest BCUT2D eigenvalue weighted by atomic mass is 16.5. The molecule has 0 amide bonds. The molecule has 4 heterocycles. The summed E-state index contributed by atoms with van der Waals surface area (Å²) in [5.74, 6) is 2.07. The van der Waals surface area contributed by atoms with Crippen LogP contribution >= 0.6 is 0 Å². The van der Waals surface area contributed by atoms with Crippen LogP contribution in [0.3, 0.4) is 0 Å². The quantitative estimate of drug-likeness (QED) is 0.583. The van der Waals surface area contributed by atoms with E-state index in [2.05, 4.69) is 41.5 Å². The van der Waals surface area contributed by atoms with E-state index in [0.29, 0.717) is 11.8 Å². The Morgan fingerprint density at radius 2 is 2.14 bits per heavy atom. The van der Waals surface area contributed by atoms with E-state index in [0.717, 1.165) is 41.9 Å². The highest BCUT2D eigenvalue weighted by Gasteiger charge is 2.38. The molecule has 4 aromatic rings. The number of nitriles is 1. The maximum atomic E-state index is 8.85. The van der Waals surface area contributed by atoms with E-state index < -0.39 is 0 Å². The standard InChI is InChI=1S/C19H18N8O/c1-2-11-5-13(28-17-10-22-12(7-20)8-23-17)6-14(11)19-26-25-16-9-24-18-15(27(16)19)3-4-21-18/h3-4,8-11,13-14,21H,2,5-6H2,1H3/t11-,13-,14+/m1/s1. The summed E-state index contributed by atoms with van der Waals surface area (Å²) >= 11 is 0. The molecule has 1 N–H and O–H groups in total. The Kier molecular flexibility index (Phi) is 3.90. The molecule has 5 rings (SSSR count). The van der Waals surface area contributed by atoms with Crippen molar-refractivity contribution in [2.45, 2.75) is 38.2 Å². The second kappa shape index (κ2) is 6.56. The van der Waals surface area contributed by atoms with Crippen LogP contribution in [0, 0.1) is 17.2 Å². The molecule has 140 valence electrons. The van der Waals surface area contributed by atoms with E-state index in [1.807, 2.05) is 18.3 Å². The van der Waals surface area contributed by atoms with Crippen molar-refractivity contribution >= 4 is 16.8 Å². The fourth-order valence-corrected chi connectivity index (χ4v) is 4.18. The van der Waals surface area contributed by atoms with Gasteiger partial charge in [0.25, 0.3) is 0 Å². The highest BCUT2D eigenvalue weighted by Crippen LogP contribution is 2.42. The molecule has 1 aliphatic carbocycles. The molecule has 0 saturated heterocycles. The number of aromatic nitrogens is 7. The van der Waals surface area contributed by atoms with Gasteiger partial charge in [0.2, 0.25) is 5.88 Å². The Hall–Kier alpha value is -3.54. The predicted molar refractivity (Wildman–Crippen MR) is 99.6 cm³/mol. The van der Waals surface area contributed by atoms with Crippen LogP contribution in [0.25, 0.3) is 16.8 Å². The summed E-state index contributed by atoms with van der Waals surface area (Å²) in [6.45, 7) is 2.19. The maximum Gasteiger partial charge on any atom is 0.232 e. The van der Waals surface area contributed by atoms with Crippen LogP contribution in [0.5, 0.6) is 5.88 Å². The first-order valence-corrected chi connectivity index (χ1v) is 9.32. The van der Waals surface area contributed by atoms with Gasteiger partial charge in [-0.15, -0.1) is 10.2 Å². The van der Waals surface area contributed by atoms with Gasteiger partial charge in [-0.05, 0) is 24.8 Å². The summed E-state index contributed by atoms with van der Waals surface area (Å²) in [5, 5.41) is 17.7. The lowest BCUT2D eigenvalue weighted by molar-refractivity contribution is 0.194. The van der Waals surface area contributed by atoms with Crippen LogP contribution in [-0.2, 0) is 0 Å². The third kappa shape index (κ3) is 2.65. The highest BCUT2D eigenvalue weighted by molar-refractivity contribution is 5.74. The van der Waals surface area contributed by atoms with Gasteiger partial charge in [-0.3, -0.25) is 4.40 Å². The smallest absolute Gasteiger partial charge is 0.232 e. The molecular formula is C19H18N8O.